The van der Waals surface area contributed by atoms with Crippen molar-refractivity contribution in [2.45, 2.75) is 12.8 Å². The maximum absolute atomic E-state index is 11.4. The number of benzene rings is 1. The van der Waals surface area contributed by atoms with Crippen molar-refractivity contribution in [3.8, 4) is 11.8 Å². The monoisotopic (exact) mass is 287 g/mol. The molecule has 1 aromatic carbocycles. The summed E-state index contributed by atoms with van der Waals surface area (Å²) in [4.78, 5) is 0. The molecule has 4 nitrogen and oxygen atoms in total. The number of nitriles is 1. The summed E-state index contributed by atoms with van der Waals surface area (Å²) in [6.07, 6.45) is 0.455. The minimum Gasteiger partial charge on any atom is -0.494 e. The average molecular weight is 288 g/mol. The Hall–Kier alpha value is -1.25. The molecule has 6 heteroatoms. The Labute approximate surface area is 112 Å². The van der Waals surface area contributed by atoms with E-state index >= 15 is 0 Å². The third kappa shape index (κ3) is 5.89. The number of nitrogens with zero attached hydrogens (tertiary/aromatic N) is 1. The first kappa shape index (κ1) is 14.8. The standard InChI is InChI=1S/C12H14ClNO3S/c13-11-3-5-12(6-4-11)17-8-2-10-18(15,16)9-1-7-14/h3-6H,1-2,8-10H2. The van der Waals surface area contributed by atoms with Gasteiger partial charge in [0.25, 0.3) is 0 Å². The van der Waals surface area contributed by atoms with E-state index in [4.69, 9.17) is 21.6 Å². The van der Waals surface area contributed by atoms with Crippen LogP contribution in [0.2, 0.25) is 5.02 Å². The molecule has 0 aliphatic rings. The van der Waals surface area contributed by atoms with Crippen LogP contribution < -0.4 is 4.74 Å². The molecule has 0 bridgehead atoms. The molecule has 0 radical (unpaired) electrons. The van der Waals surface area contributed by atoms with Gasteiger partial charge in [0, 0.05) is 11.4 Å². The molecule has 0 N–H and O–H groups in total. The van der Waals surface area contributed by atoms with Gasteiger partial charge in [0.1, 0.15) is 5.75 Å². The van der Waals surface area contributed by atoms with Crippen molar-refractivity contribution in [2.75, 3.05) is 18.1 Å². The van der Waals surface area contributed by atoms with E-state index in [-0.39, 0.29) is 17.9 Å². The van der Waals surface area contributed by atoms with Gasteiger partial charge in [-0.15, -0.1) is 0 Å². The number of rotatable bonds is 7. The molecular formula is C12H14ClNO3S. The van der Waals surface area contributed by atoms with Gasteiger partial charge < -0.3 is 4.74 Å². The maximum atomic E-state index is 11.4. The van der Waals surface area contributed by atoms with Gasteiger partial charge in [-0.2, -0.15) is 5.26 Å². The molecule has 98 valence electrons. The minimum atomic E-state index is -3.13. The van der Waals surface area contributed by atoms with Crippen LogP contribution in [0, 0.1) is 11.3 Å². The van der Waals surface area contributed by atoms with Crippen LogP contribution in [-0.2, 0) is 9.84 Å². The fourth-order valence-electron chi connectivity index (χ4n) is 1.30. The normalized spacial score (nSPS) is 10.9. The predicted octanol–water partition coefficient (Wildman–Crippen LogP) is 2.44. The Morgan fingerprint density at radius 1 is 1.22 bits per heavy atom. The molecule has 0 saturated carbocycles. The summed E-state index contributed by atoms with van der Waals surface area (Å²) in [5.41, 5.74) is 0. The highest BCUT2D eigenvalue weighted by molar-refractivity contribution is 7.91. The van der Waals surface area contributed by atoms with Crippen LogP contribution in [0.25, 0.3) is 0 Å². The highest BCUT2D eigenvalue weighted by Gasteiger charge is 2.09. The van der Waals surface area contributed by atoms with E-state index < -0.39 is 9.84 Å². The van der Waals surface area contributed by atoms with Gasteiger partial charge in [0.2, 0.25) is 0 Å². The van der Waals surface area contributed by atoms with Gasteiger partial charge in [0.15, 0.2) is 9.84 Å². The topological polar surface area (TPSA) is 67.2 Å². The summed E-state index contributed by atoms with van der Waals surface area (Å²) in [6, 6.07) is 8.70. The highest BCUT2D eigenvalue weighted by Crippen LogP contribution is 2.15. The zero-order valence-electron chi connectivity index (χ0n) is 9.80. The van der Waals surface area contributed by atoms with E-state index in [0.29, 0.717) is 23.8 Å². The van der Waals surface area contributed by atoms with E-state index in [1.807, 2.05) is 6.07 Å². The summed E-state index contributed by atoms with van der Waals surface area (Å²) < 4.78 is 28.2. The van der Waals surface area contributed by atoms with Crippen molar-refractivity contribution in [3.63, 3.8) is 0 Å². The van der Waals surface area contributed by atoms with Crippen molar-refractivity contribution >= 4 is 21.4 Å². The van der Waals surface area contributed by atoms with Gasteiger partial charge in [-0.1, -0.05) is 11.6 Å². The van der Waals surface area contributed by atoms with Crippen LogP contribution in [0.5, 0.6) is 5.75 Å². The molecule has 0 unspecified atom stereocenters. The number of ether oxygens (including phenoxy) is 1. The number of sulfone groups is 1. The number of hydrogen-bond donors (Lipinski definition) is 0. The molecule has 0 aliphatic carbocycles. The van der Waals surface area contributed by atoms with Crippen LogP contribution in [0.3, 0.4) is 0 Å². The maximum Gasteiger partial charge on any atom is 0.151 e. The molecule has 1 aromatic rings. The second-order valence-electron chi connectivity index (χ2n) is 3.72. The predicted molar refractivity (Wildman–Crippen MR) is 70.4 cm³/mol. The quantitative estimate of drug-likeness (QED) is 0.722. The van der Waals surface area contributed by atoms with Crippen molar-refractivity contribution < 1.29 is 13.2 Å². The molecule has 0 saturated heterocycles. The lowest BCUT2D eigenvalue weighted by Crippen LogP contribution is -2.13. The largest absolute Gasteiger partial charge is 0.494 e. The molecular weight excluding hydrogens is 274 g/mol. The summed E-state index contributed by atoms with van der Waals surface area (Å²) in [5, 5.41) is 8.95. The molecule has 0 aromatic heterocycles. The molecule has 0 atom stereocenters. The minimum absolute atomic E-state index is 0.0420. The van der Waals surface area contributed by atoms with Crippen LogP contribution in [0.15, 0.2) is 24.3 Å². The molecule has 0 heterocycles. The van der Waals surface area contributed by atoms with Gasteiger partial charge in [-0.05, 0) is 30.7 Å². The van der Waals surface area contributed by atoms with Crippen LogP contribution in [0.4, 0.5) is 0 Å². The first-order valence-corrected chi connectivity index (χ1v) is 7.69. The van der Waals surface area contributed by atoms with Crippen LogP contribution >= 0.6 is 11.6 Å². The van der Waals surface area contributed by atoms with Crippen molar-refractivity contribution in [2.24, 2.45) is 0 Å². The Balaban J connectivity index is 2.27. The van der Waals surface area contributed by atoms with Gasteiger partial charge >= 0.3 is 0 Å². The van der Waals surface area contributed by atoms with E-state index in [1.165, 1.54) is 0 Å². The Morgan fingerprint density at radius 2 is 1.89 bits per heavy atom. The number of hydrogen-bond acceptors (Lipinski definition) is 4. The van der Waals surface area contributed by atoms with Crippen molar-refractivity contribution in [3.05, 3.63) is 29.3 Å². The van der Waals surface area contributed by atoms with E-state index in [9.17, 15) is 8.42 Å². The first-order chi connectivity index (χ1) is 8.53. The summed E-state index contributed by atoms with van der Waals surface area (Å²) >= 11 is 5.72. The van der Waals surface area contributed by atoms with Crippen molar-refractivity contribution in [1.82, 2.24) is 0 Å². The van der Waals surface area contributed by atoms with Gasteiger partial charge in [-0.3, -0.25) is 0 Å². The molecule has 18 heavy (non-hydrogen) atoms. The fraction of sp³-hybridized carbons (Fsp3) is 0.417. The molecule has 0 spiro atoms. The smallest absolute Gasteiger partial charge is 0.151 e. The molecule has 0 amide bonds. The van der Waals surface area contributed by atoms with Gasteiger partial charge in [0.05, 0.1) is 24.2 Å². The molecule has 0 aliphatic heterocycles. The van der Waals surface area contributed by atoms with E-state index in [0.717, 1.165) is 0 Å². The molecule has 0 fully saturated rings. The molecule has 1 rings (SSSR count). The summed E-state index contributed by atoms with van der Waals surface area (Å²) in [7, 11) is -3.13. The first-order valence-electron chi connectivity index (χ1n) is 5.49. The van der Waals surface area contributed by atoms with Crippen molar-refractivity contribution in [1.29, 1.82) is 5.26 Å². The Bertz CT molecular complexity index is 505. The third-order valence-electron chi connectivity index (χ3n) is 2.21. The zero-order chi connectivity index (χ0) is 13.4. The zero-order valence-corrected chi connectivity index (χ0v) is 11.4. The van der Waals surface area contributed by atoms with Crippen LogP contribution in [-0.4, -0.2) is 26.5 Å². The van der Waals surface area contributed by atoms with E-state index in [2.05, 4.69) is 0 Å². The van der Waals surface area contributed by atoms with E-state index in [1.54, 1.807) is 24.3 Å². The average Bonchev–Trinajstić information content (AvgIpc) is 2.34. The Morgan fingerprint density at radius 3 is 2.50 bits per heavy atom. The SMILES string of the molecule is N#CCCS(=O)(=O)CCCOc1ccc(Cl)cc1. The van der Waals surface area contributed by atoms with Gasteiger partial charge in [-0.25, -0.2) is 8.42 Å². The number of halogens is 1. The lowest BCUT2D eigenvalue weighted by Gasteiger charge is -2.06. The third-order valence-corrected chi connectivity index (χ3v) is 4.20. The summed E-state index contributed by atoms with van der Waals surface area (Å²) in [5.74, 6) is 0.626. The lowest BCUT2D eigenvalue weighted by molar-refractivity contribution is 0.317. The Kier molecular flexibility index (Phi) is 5.96. The fourth-order valence-corrected chi connectivity index (χ4v) is 2.59. The van der Waals surface area contributed by atoms with Crippen LogP contribution in [0.1, 0.15) is 12.8 Å². The second kappa shape index (κ2) is 7.24. The highest BCUT2D eigenvalue weighted by atomic mass is 35.5. The lowest BCUT2D eigenvalue weighted by atomic mass is 10.3. The second-order valence-corrected chi connectivity index (χ2v) is 6.46. The summed E-state index contributed by atoms with van der Waals surface area (Å²) in [6.45, 7) is 0.327.